The number of esters is 1. The van der Waals surface area contributed by atoms with Crippen molar-refractivity contribution in [1.29, 1.82) is 0 Å². The zero-order valence-electron chi connectivity index (χ0n) is 12.9. The van der Waals surface area contributed by atoms with Crippen LogP contribution in [-0.4, -0.2) is 41.7 Å². The maximum absolute atomic E-state index is 12.0. The van der Waals surface area contributed by atoms with Crippen LogP contribution in [0.15, 0.2) is 5.16 Å². The van der Waals surface area contributed by atoms with Crippen molar-refractivity contribution < 1.29 is 24.3 Å². The molecule has 0 bridgehead atoms. The van der Waals surface area contributed by atoms with E-state index >= 15 is 0 Å². The standard InChI is InChI=1S/C13H24N2O5/c1-9(2)13(7-8-14-18,10(16)19-6)15-11(17)20-12(3,4)5/h8-9,18H,7H2,1-6H3,(H,15,17)/t13-/m1/s1. The highest BCUT2D eigenvalue weighted by Gasteiger charge is 2.44. The van der Waals surface area contributed by atoms with E-state index < -0.39 is 23.2 Å². The second kappa shape index (κ2) is 7.12. The number of nitrogens with zero attached hydrogens (tertiary/aromatic N) is 1. The van der Waals surface area contributed by atoms with Gasteiger partial charge in [-0.25, -0.2) is 9.59 Å². The van der Waals surface area contributed by atoms with Gasteiger partial charge < -0.3 is 20.0 Å². The number of oxime groups is 1. The van der Waals surface area contributed by atoms with Crippen LogP contribution in [0.2, 0.25) is 0 Å². The van der Waals surface area contributed by atoms with Crippen LogP contribution < -0.4 is 5.32 Å². The fourth-order valence-corrected chi connectivity index (χ4v) is 1.65. The molecule has 7 nitrogen and oxygen atoms in total. The molecule has 1 atom stereocenters. The average Bonchev–Trinajstić information content (AvgIpc) is 2.30. The minimum absolute atomic E-state index is 0.00686. The summed E-state index contributed by atoms with van der Waals surface area (Å²) in [6, 6.07) is 0. The second-order valence-corrected chi connectivity index (χ2v) is 5.75. The Hall–Kier alpha value is -1.79. The lowest BCUT2D eigenvalue weighted by atomic mass is 9.83. The van der Waals surface area contributed by atoms with Gasteiger partial charge in [0.15, 0.2) is 0 Å². The summed E-state index contributed by atoms with van der Waals surface area (Å²) in [5.74, 6) is -0.918. The van der Waals surface area contributed by atoms with Crippen LogP contribution in [0.5, 0.6) is 0 Å². The van der Waals surface area contributed by atoms with Crippen molar-refractivity contribution >= 4 is 18.3 Å². The van der Waals surface area contributed by atoms with E-state index in [0.29, 0.717) is 0 Å². The highest BCUT2D eigenvalue weighted by Crippen LogP contribution is 2.23. The summed E-state index contributed by atoms with van der Waals surface area (Å²) in [6.07, 6.45) is 0.393. The quantitative estimate of drug-likeness (QED) is 0.349. The molecule has 0 aliphatic heterocycles. The molecule has 116 valence electrons. The summed E-state index contributed by atoms with van der Waals surface area (Å²) in [4.78, 5) is 24.0. The zero-order valence-corrected chi connectivity index (χ0v) is 12.9. The normalized spacial score (nSPS) is 14.9. The molecule has 0 rings (SSSR count). The number of rotatable bonds is 5. The van der Waals surface area contributed by atoms with Gasteiger partial charge in [-0.15, -0.1) is 5.16 Å². The first-order valence-corrected chi connectivity index (χ1v) is 6.34. The summed E-state index contributed by atoms with van der Waals surface area (Å²) in [5, 5.41) is 14.0. The highest BCUT2D eigenvalue weighted by molar-refractivity contribution is 5.89. The van der Waals surface area contributed by atoms with Crippen LogP contribution in [0.3, 0.4) is 0 Å². The Kier molecular flexibility index (Phi) is 6.48. The van der Waals surface area contributed by atoms with Gasteiger partial charge in [0.1, 0.15) is 11.1 Å². The Labute approximate surface area is 119 Å². The molecule has 0 saturated carbocycles. The lowest BCUT2D eigenvalue weighted by molar-refractivity contribution is -0.150. The van der Waals surface area contributed by atoms with E-state index in [4.69, 9.17) is 14.7 Å². The molecule has 0 heterocycles. The smallest absolute Gasteiger partial charge is 0.408 e. The summed E-state index contributed by atoms with van der Waals surface area (Å²) in [7, 11) is 1.23. The number of carbonyl (C=O) groups excluding carboxylic acids is 2. The van der Waals surface area contributed by atoms with E-state index in [9.17, 15) is 9.59 Å². The predicted octanol–water partition coefficient (Wildman–Crippen LogP) is 1.93. The Bertz CT molecular complexity index is 373. The van der Waals surface area contributed by atoms with Gasteiger partial charge >= 0.3 is 12.1 Å². The molecule has 0 aromatic carbocycles. The van der Waals surface area contributed by atoms with E-state index in [2.05, 4.69) is 10.5 Å². The first-order valence-electron chi connectivity index (χ1n) is 6.34. The van der Waals surface area contributed by atoms with E-state index in [0.717, 1.165) is 6.21 Å². The van der Waals surface area contributed by atoms with Crippen LogP contribution in [0.1, 0.15) is 41.0 Å². The summed E-state index contributed by atoms with van der Waals surface area (Å²) < 4.78 is 9.91. The van der Waals surface area contributed by atoms with E-state index in [1.807, 2.05) is 0 Å². The third-order valence-electron chi connectivity index (χ3n) is 2.75. The molecule has 0 saturated heterocycles. The molecule has 0 aromatic heterocycles. The maximum Gasteiger partial charge on any atom is 0.408 e. The van der Waals surface area contributed by atoms with Crippen molar-refractivity contribution in [3.05, 3.63) is 0 Å². The van der Waals surface area contributed by atoms with Crippen molar-refractivity contribution in [2.75, 3.05) is 7.11 Å². The van der Waals surface area contributed by atoms with Crippen molar-refractivity contribution in [1.82, 2.24) is 5.32 Å². The molecule has 0 aromatic rings. The molecule has 2 N–H and O–H groups in total. The molecule has 0 radical (unpaired) electrons. The van der Waals surface area contributed by atoms with Crippen molar-refractivity contribution in [2.45, 2.75) is 52.2 Å². The third kappa shape index (κ3) is 5.07. The molecular weight excluding hydrogens is 264 g/mol. The molecule has 0 spiro atoms. The fourth-order valence-electron chi connectivity index (χ4n) is 1.65. The molecule has 0 aliphatic carbocycles. The van der Waals surface area contributed by atoms with Crippen LogP contribution >= 0.6 is 0 Å². The number of alkyl carbamates (subject to hydrolysis) is 1. The number of carbonyl (C=O) groups is 2. The number of hydrogen-bond acceptors (Lipinski definition) is 6. The van der Waals surface area contributed by atoms with Gasteiger partial charge in [0.25, 0.3) is 0 Å². The molecule has 7 heteroatoms. The van der Waals surface area contributed by atoms with E-state index in [1.165, 1.54) is 7.11 Å². The predicted molar refractivity (Wildman–Crippen MR) is 73.9 cm³/mol. The number of amides is 1. The van der Waals surface area contributed by atoms with Gasteiger partial charge in [-0.05, 0) is 26.7 Å². The Morgan fingerprint density at radius 2 is 1.90 bits per heavy atom. The number of nitrogens with one attached hydrogen (secondary N) is 1. The van der Waals surface area contributed by atoms with Crippen LogP contribution in [-0.2, 0) is 14.3 Å². The number of methoxy groups -OCH3 is 1. The maximum atomic E-state index is 12.0. The SMILES string of the molecule is COC(=O)[C@](CC=NO)(NC(=O)OC(C)(C)C)C(C)C. The Morgan fingerprint density at radius 3 is 2.25 bits per heavy atom. The van der Waals surface area contributed by atoms with Gasteiger partial charge in [-0.1, -0.05) is 13.8 Å². The van der Waals surface area contributed by atoms with Crippen LogP contribution in [0.25, 0.3) is 0 Å². The summed E-state index contributed by atoms with van der Waals surface area (Å²) >= 11 is 0. The monoisotopic (exact) mass is 288 g/mol. The van der Waals surface area contributed by atoms with Crippen molar-refractivity contribution in [3.8, 4) is 0 Å². The molecule has 0 unspecified atom stereocenters. The summed E-state index contributed by atoms with van der Waals surface area (Å²) in [5.41, 5.74) is -2.03. The van der Waals surface area contributed by atoms with E-state index in [-0.39, 0.29) is 12.3 Å². The van der Waals surface area contributed by atoms with Gasteiger partial charge in [-0.3, -0.25) is 0 Å². The van der Waals surface area contributed by atoms with Gasteiger partial charge in [0.05, 0.1) is 7.11 Å². The Morgan fingerprint density at radius 1 is 1.35 bits per heavy atom. The minimum Gasteiger partial charge on any atom is -0.467 e. The number of ether oxygens (including phenoxy) is 2. The van der Waals surface area contributed by atoms with Gasteiger partial charge in [0, 0.05) is 12.6 Å². The lowest BCUT2D eigenvalue weighted by Gasteiger charge is -2.35. The molecule has 0 fully saturated rings. The first-order chi connectivity index (χ1) is 9.09. The highest BCUT2D eigenvalue weighted by atomic mass is 16.6. The first kappa shape index (κ1) is 18.2. The minimum atomic E-state index is -1.34. The van der Waals surface area contributed by atoms with Crippen LogP contribution in [0, 0.1) is 5.92 Å². The molecule has 1 amide bonds. The van der Waals surface area contributed by atoms with Gasteiger partial charge in [0.2, 0.25) is 0 Å². The molecule has 20 heavy (non-hydrogen) atoms. The molecule has 0 aliphatic rings. The van der Waals surface area contributed by atoms with E-state index in [1.54, 1.807) is 34.6 Å². The molecular formula is C13H24N2O5. The second-order valence-electron chi connectivity index (χ2n) is 5.75. The zero-order chi connectivity index (χ0) is 16.0. The third-order valence-corrected chi connectivity index (χ3v) is 2.75. The Balaban J connectivity index is 5.29. The van der Waals surface area contributed by atoms with Crippen molar-refractivity contribution in [3.63, 3.8) is 0 Å². The lowest BCUT2D eigenvalue weighted by Crippen LogP contribution is -2.59. The largest absolute Gasteiger partial charge is 0.467 e. The number of hydrogen-bond donors (Lipinski definition) is 2. The average molecular weight is 288 g/mol. The van der Waals surface area contributed by atoms with Crippen molar-refractivity contribution in [2.24, 2.45) is 11.1 Å². The van der Waals surface area contributed by atoms with Crippen LogP contribution in [0.4, 0.5) is 4.79 Å². The fraction of sp³-hybridized carbons (Fsp3) is 0.769. The van der Waals surface area contributed by atoms with Gasteiger partial charge in [-0.2, -0.15) is 0 Å². The summed E-state index contributed by atoms with van der Waals surface area (Å²) in [6.45, 7) is 8.66. The topological polar surface area (TPSA) is 97.2 Å².